The van der Waals surface area contributed by atoms with Crippen molar-refractivity contribution in [2.45, 2.75) is 6.42 Å². The summed E-state index contributed by atoms with van der Waals surface area (Å²) in [5, 5.41) is 0. The molecule has 0 aliphatic carbocycles. The smallest absolute Gasteiger partial charge is 0.00238 e. The van der Waals surface area contributed by atoms with E-state index >= 15 is 0 Å². The van der Waals surface area contributed by atoms with E-state index in [9.17, 15) is 0 Å². The molecule has 0 amide bonds. The molecule has 0 spiro atoms. The van der Waals surface area contributed by atoms with Crippen molar-refractivity contribution in [2.75, 3.05) is 28.8 Å². The third-order valence-electron chi connectivity index (χ3n) is 1.99. The Bertz CT molecular complexity index is 236. The number of aryl methyl sites for hydroxylation is 1. The van der Waals surface area contributed by atoms with E-state index in [1.165, 1.54) is 35.0 Å². The van der Waals surface area contributed by atoms with Crippen molar-refractivity contribution in [3.05, 3.63) is 35.9 Å². The fourth-order valence-electron chi connectivity index (χ4n) is 1.22. The van der Waals surface area contributed by atoms with Gasteiger partial charge in [-0.15, -0.1) is 0 Å². The van der Waals surface area contributed by atoms with Crippen LogP contribution < -0.4 is 0 Å². The van der Waals surface area contributed by atoms with Crippen LogP contribution in [0, 0.1) is 0 Å². The molecule has 3 heteroatoms. The number of hydrogen-bond donors (Lipinski definition) is 1. The zero-order valence-corrected chi connectivity index (χ0v) is 11.4. The molecule has 0 saturated heterocycles. The van der Waals surface area contributed by atoms with Crippen molar-refractivity contribution in [1.29, 1.82) is 0 Å². The molecule has 1 rings (SSSR count). The van der Waals surface area contributed by atoms with E-state index in [4.69, 9.17) is 0 Å². The predicted octanol–water partition coefficient (Wildman–Crippen LogP) is 3.63. The Labute approximate surface area is 107 Å². The molecule has 0 N–H and O–H groups in total. The van der Waals surface area contributed by atoms with Crippen molar-refractivity contribution in [1.82, 2.24) is 0 Å². The summed E-state index contributed by atoms with van der Waals surface area (Å²) >= 11 is 8.24. The Kier molecular flexibility index (Phi) is 8.44. The molecule has 84 valence electrons. The zero-order chi connectivity index (χ0) is 10.8. The molecule has 0 bridgehead atoms. The van der Waals surface area contributed by atoms with Gasteiger partial charge >= 0.3 is 0 Å². The number of benzene rings is 1. The SMILES string of the molecule is SCCSCCSCCc1ccccc1. The maximum atomic E-state index is 4.18. The summed E-state index contributed by atoms with van der Waals surface area (Å²) in [5.41, 5.74) is 1.45. The van der Waals surface area contributed by atoms with Gasteiger partial charge < -0.3 is 0 Å². The van der Waals surface area contributed by atoms with Crippen LogP contribution in [0.1, 0.15) is 5.56 Å². The zero-order valence-electron chi connectivity index (χ0n) is 8.89. The lowest BCUT2D eigenvalue weighted by atomic mass is 10.2. The van der Waals surface area contributed by atoms with Gasteiger partial charge in [0, 0.05) is 17.3 Å². The molecule has 1 aromatic carbocycles. The highest BCUT2D eigenvalue weighted by molar-refractivity contribution is 8.03. The van der Waals surface area contributed by atoms with Gasteiger partial charge in [0.05, 0.1) is 0 Å². The summed E-state index contributed by atoms with van der Waals surface area (Å²) in [6.07, 6.45) is 1.20. The van der Waals surface area contributed by atoms with Crippen molar-refractivity contribution in [2.24, 2.45) is 0 Å². The van der Waals surface area contributed by atoms with Gasteiger partial charge in [0.15, 0.2) is 0 Å². The second-order valence-electron chi connectivity index (χ2n) is 3.18. The van der Waals surface area contributed by atoms with Crippen LogP contribution in [-0.4, -0.2) is 28.8 Å². The first kappa shape index (κ1) is 13.3. The van der Waals surface area contributed by atoms with Crippen LogP contribution in [0.15, 0.2) is 30.3 Å². The first-order valence-electron chi connectivity index (χ1n) is 5.24. The highest BCUT2D eigenvalue weighted by Gasteiger charge is 1.93. The number of thioether (sulfide) groups is 2. The third kappa shape index (κ3) is 7.20. The molecule has 0 heterocycles. The maximum Gasteiger partial charge on any atom is 0.00238 e. The molecule has 0 unspecified atom stereocenters. The molecular weight excluding hydrogens is 240 g/mol. The summed E-state index contributed by atoms with van der Waals surface area (Å²) in [6, 6.07) is 10.7. The van der Waals surface area contributed by atoms with E-state index in [0.29, 0.717) is 0 Å². The van der Waals surface area contributed by atoms with Crippen molar-refractivity contribution >= 4 is 36.2 Å². The topological polar surface area (TPSA) is 0 Å². The average Bonchev–Trinajstić information content (AvgIpc) is 2.29. The molecule has 0 nitrogen and oxygen atoms in total. The molecule has 0 aromatic heterocycles. The quantitative estimate of drug-likeness (QED) is 0.558. The summed E-state index contributed by atoms with van der Waals surface area (Å²) in [5.74, 6) is 5.96. The van der Waals surface area contributed by atoms with Crippen LogP contribution in [0.25, 0.3) is 0 Å². The Balaban J connectivity index is 1.93. The van der Waals surface area contributed by atoms with Gasteiger partial charge in [0.2, 0.25) is 0 Å². The van der Waals surface area contributed by atoms with Gasteiger partial charge in [-0.3, -0.25) is 0 Å². The second kappa shape index (κ2) is 9.49. The monoisotopic (exact) mass is 258 g/mol. The lowest BCUT2D eigenvalue weighted by molar-refractivity contribution is 1.16. The minimum Gasteiger partial charge on any atom is -0.179 e. The molecule has 0 fully saturated rings. The highest BCUT2D eigenvalue weighted by atomic mass is 32.2. The molecule has 1 aromatic rings. The lowest BCUT2D eigenvalue weighted by Gasteiger charge is -2.01. The summed E-state index contributed by atoms with van der Waals surface area (Å²) in [6.45, 7) is 0. The Morgan fingerprint density at radius 2 is 1.53 bits per heavy atom. The highest BCUT2D eigenvalue weighted by Crippen LogP contribution is 2.10. The van der Waals surface area contributed by atoms with Gasteiger partial charge in [0.1, 0.15) is 0 Å². The van der Waals surface area contributed by atoms with Crippen LogP contribution in [0.2, 0.25) is 0 Å². The number of thiol groups is 1. The molecule has 0 radical (unpaired) electrons. The van der Waals surface area contributed by atoms with Crippen LogP contribution >= 0.6 is 36.2 Å². The first-order valence-corrected chi connectivity index (χ1v) is 8.18. The van der Waals surface area contributed by atoms with Crippen molar-refractivity contribution < 1.29 is 0 Å². The summed E-state index contributed by atoms with van der Waals surface area (Å²) < 4.78 is 0. The van der Waals surface area contributed by atoms with E-state index in [1.807, 2.05) is 11.8 Å². The number of hydrogen-bond acceptors (Lipinski definition) is 3. The normalized spacial score (nSPS) is 10.5. The molecule has 0 saturated carbocycles. The second-order valence-corrected chi connectivity index (χ2v) is 6.08. The Morgan fingerprint density at radius 1 is 0.867 bits per heavy atom. The maximum absolute atomic E-state index is 4.18. The van der Waals surface area contributed by atoms with E-state index in [0.717, 1.165) is 5.75 Å². The predicted molar refractivity (Wildman–Crippen MR) is 78.6 cm³/mol. The number of rotatable bonds is 8. The van der Waals surface area contributed by atoms with E-state index < -0.39 is 0 Å². The lowest BCUT2D eigenvalue weighted by Crippen LogP contribution is -1.92. The van der Waals surface area contributed by atoms with Crippen LogP contribution in [0.4, 0.5) is 0 Å². The van der Waals surface area contributed by atoms with Crippen LogP contribution in [-0.2, 0) is 6.42 Å². The van der Waals surface area contributed by atoms with Gasteiger partial charge in [-0.25, -0.2) is 0 Å². The molecular formula is C12H18S3. The largest absolute Gasteiger partial charge is 0.179 e. The molecule has 0 aliphatic heterocycles. The fraction of sp³-hybridized carbons (Fsp3) is 0.500. The van der Waals surface area contributed by atoms with Gasteiger partial charge in [0.25, 0.3) is 0 Å². The summed E-state index contributed by atoms with van der Waals surface area (Å²) in [4.78, 5) is 0. The van der Waals surface area contributed by atoms with Gasteiger partial charge in [-0.05, 0) is 23.5 Å². The molecule has 0 atom stereocenters. The van der Waals surface area contributed by atoms with Gasteiger partial charge in [-0.2, -0.15) is 36.2 Å². The van der Waals surface area contributed by atoms with E-state index in [2.05, 4.69) is 54.7 Å². The van der Waals surface area contributed by atoms with E-state index in [-0.39, 0.29) is 0 Å². The first-order chi connectivity index (χ1) is 7.43. The van der Waals surface area contributed by atoms with E-state index in [1.54, 1.807) is 0 Å². The van der Waals surface area contributed by atoms with Crippen molar-refractivity contribution in [3.63, 3.8) is 0 Å². The molecule has 15 heavy (non-hydrogen) atoms. The van der Waals surface area contributed by atoms with Crippen LogP contribution in [0.3, 0.4) is 0 Å². The fourth-order valence-corrected chi connectivity index (χ4v) is 3.47. The molecule has 0 aliphatic rings. The van der Waals surface area contributed by atoms with Crippen LogP contribution in [0.5, 0.6) is 0 Å². The minimum atomic E-state index is 0.999. The Hall–Kier alpha value is 0.270. The Morgan fingerprint density at radius 3 is 2.20 bits per heavy atom. The van der Waals surface area contributed by atoms with Crippen molar-refractivity contribution in [3.8, 4) is 0 Å². The third-order valence-corrected chi connectivity index (χ3v) is 4.74. The summed E-state index contributed by atoms with van der Waals surface area (Å²) in [7, 11) is 0. The van der Waals surface area contributed by atoms with Gasteiger partial charge in [-0.1, -0.05) is 30.3 Å². The average molecular weight is 258 g/mol. The minimum absolute atomic E-state index is 0.999. The standard InChI is InChI=1S/C12H18S3/c13-7-9-15-11-10-14-8-6-12-4-2-1-3-5-12/h1-5,13H,6-11H2.